The van der Waals surface area contributed by atoms with Crippen LogP contribution >= 0.6 is 0 Å². The van der Waals surface area contributed by atoms with E-state index in [4.69, 9.17) is 0 Å². The van der Waals surface area contributed by atoms with Crippen molar-refractivity contribution >= 4 is 17.5 Å². The normalized spacial score (nSPS) is 23.1. The zero-order valence-corrected chi connectivity index (χ0v) is 13.1. The zero-order valence-electron chi connectivity index (χ0n) is 13.1. The van der Waals surface area contributed by atoms with E-state index in [0.29, 0.717) is 6.04 Å². The van der Waals surface area contributed by atoms with Gasteiger partial charge in [-0.15, -0.1) is 0 Å². The molecule has 0 radical (unpaired) electrons. The Morgan fingerprint density at radius 2 is 1.95 bits per heavy atom. The van der Waals surface area contributed by atoms with Gasteiger partial charge in [0.1, 0.15) is 0 Å². The molecule has 22 heavy (non-hydrogen) atoms. The van der Waals surface area contributed by atoms with Gasteiger partial charge in [0.05, 0.1) is 23.3 Å². The van der Waals surface area contributed by atoms with Crippen molar-refractivity contribution < 1.29 is 0 Å². The molecule has 2 fully saturated rings. The highest BCUT2D eigenvalue weighted by atomic mass is 15.3. The Morgan fingerprint density at radius 1 is 1.18 bits per heavy atom. The van der Waals surface area contributed by atoms with Crippen molar-refractivity contribution in [3.05, 3.63) is 36.3 Å². The minimum absolute atomic E-state index is 0.701. The van der Waals surface area contributed by atoms with E-state index in [-0.39, 0.29) is 0 Å². The highest BCUT2D eigenvalue weighted by Gasteiger charge is 2.33. The molecule has 0 bridgehead atoms. The van der Waals surface area contributed by atoms with Crippen molar-refractivity contribution in [2.24, 2.45) is 0 Å². The molecule has 0 unspecified atom stereocenters. The van der Waals surface area contributed by atoms with Gasteiger partial charge in [-0.3, -0.25) is 9.88 Å². The molecule has 0 amide bonds. The topological polar surface area (TPSA) is 34.6 Å². The predicted octanol–water partition coefficient (Wildman–Crippen LogP) is 1.47. The maximum Gasteiger partial charge on any atom is 0.0866 e. The Kier molecular flexibility index (Phi) is 3.39. The first kappa shape index (κ1) is 13.8. The molecule has 1 aromatic rings. The number of rotatable bonds is 2. The number of allylic oxidation sites excluding steroid dienone is 1. The SMILES string of the molecule is C=C1C=Cc2ncc(N3CC(N4CCN(C)CC4)C3)cc2N1. The maximum atomic E-state index is 4.55. The maximum absolute atomic E-state index is 4.55. The molecule has 116 valence electrons. The summed E-state index contributed by atoms with van der Waals surface area (Å²) in [5.41, 5.74) is 4.19. The molecule has 0 spiro atoms. The minimum Gasteiger partial charge on any atom is -0.367 e. The molecular weight excluding hydrogens is 274 g/mol. The number of anilines is 2. The van der Waals surface area contributed by atoms with Crippen molar-refractivity contribution in [1.82, 2.24) is 14.8 Å². The van der Waals surface area contributed by atoms with Crippen LogP contribution in [0.15, 0.2) is 30.6 Å². The Balaban J connectivity index is 1.40. The number of hydrogen-bond donors (Lipinski definition) is 1. The molecule has 0 atom stereocenters. The Morgan fingerprint density at radius 3 is 2.73 bits per heavy atom. The molecule has 1 aromatic heterocycles. The van der Waals surface area contributed by atoms with Gasteiger partial charge in [-0.25, -0.2) is 0 Å². The summed E-state index contributed by atoms with van der Waals surface area (Å²) in [5, 5.41) is 3.30. The van der Waals surface area contributed by atoms with Crippen LogP contribution in [0.5, 0.6) is 0 Å². The van der Waals surface area contributed by atoms with Gasteiger partial charge in [0.15, 0.2) is 0 Å². The van der Waals surface area contributed by atoms with Gasteiger partial charge in [0.25, 0.3) is 0 Å². The zero-order chi connectivity index (χ0) is 15.1. The lowest BCUT2D eigenvalue weighted by Gasteiger charge is -2.48. The average Bonchev–Trinajstić information content (AvgIpc) is 2.47. The fraction of sp³-hybridized carbons (Fsp3) is 0.471. The van der Waals surface area contributed by atoms with Gasteiger partial charge in [-0.2, -0.15) is 0 Å². The number of fused-ring (bicyclic) bond motifs is 1. The quantitative estimate of drug-likeness (QED) is 0.894. The largest absolute Gasteiger partial charge is 0.367 e. The van der Waals surface area contributed by atoms with E-state index in [0.717, 1.165) is 30.2 Å². The number of hydrogen-bond acceptors (Lipinski definition) is 5. The number of aromatic nitrogens is 1. The predicted molar refractivity (Wildman–Crippen MR) is 91.1 cm³/mol. The van der Waals surface area contributed by atoms with Crippen molar-refractivity contribution in [2.45, 2.75) is 6.04 Å². The number of nitrogens with zero attached hydrogens (tertiary/aromatic N) is 4. The second kappa shape index (κ2) is 5.41. The highest BCUT2D eigenvalue weighted by molar-refractivity contribution is 5.75. The van der Waals surface area contributed by atoms with Gasteiger partial charge >= 0.3 is 0 Å². The highest BCUT2D eigenvalue weighted by Crippen LogP contribution is 2.30. The summed E-state index contributed by atoms with van der Waals surface area (Å²) in [4.78, 5) is 12.0. The lowest BCUT2D eigenvalue weighted by Crippen LogP contribution is -2.63. The monoisotopic (exact) mass is 297 g/mol. The first-order chi connectivity index (χ1) is 10.7. The molecular formula is C17H23N5. The Bertz CT molecular complexity index is 609. The number of nitrogens with one attached hydrogen (secondary N) is 1. The molecule has 0 aliphatic carbocycles. The van der Waals surface area contributed by atoms with Gasteiger partial charge in [0, 0.05) is 51.0 Å². The van der Waals surface area contributed by atoms with Gasteiger partial charge in [-0.1, -0.05) is 6.58 Å². The van der Waals surface area contributed by atoms with Crippen LogP contribution in [0.25, 0.3) is 6.08 Å². The van der Waals surface area contributed by atoms with E-state index < -0.39 is 0 Å². The smallest absolute Gasteiger partial charge is 0.0866 e. The van der Waals surface area contributed by atoms with Crippen LogP contribution in [0.3, 0.4) is 0 Å². The van der Waals surface area contributed by atoms with Crippen LogP contribution in [-0.4, -0.2) is 67.1 Å². The minimum atomic E-state index is 0.701. The lowest BCUT2D eigenvalue weighted by molar-refractivity contribution is 0.0963. The number of pyridine rings is 1. The average molecular weight is 297 g/mol. The van der Waals surface area contributed by atoms with E-state index in [9.17, 15) is 0 Å². The van der Waals surface area contributed by atoms with Gasteiger partial charge in [0.2, 0.25) is 0 Å². The van der Waals surface area contributed by atoms with Crippen LogP contribution in [0, 0.1) is 0 Å². The van der Waals surface area contributed by atoms with Crippen LogP contribution in [0.2, 0.25) is 0 Å². The van der Waals surface area contributed by atoms with E-state index in [1.807, 2.05) is 18.3 Å². The van der Waals surface area contributed by atoms with Crippen molar-refractivity contribution in [3.8, 4) is 0 Å². The molecule has 5 nitrogen and oxygen atoms in total. The summed E-state index contributed by atoms with van der Waals surface area (Å²) in [6.07, 6.45) is 5.96. The number of piperazine rings is 1. The first-order valence-corrected chi connectivity index (χ1v) is 8.00. The molecule has 1 N–H and O–H groups in total. The van der Waals surface area contributed by atoms with Crippen LogP contribution in [-0.2, 0) is 0 Å². The summed E-state index contributed by atoms with van der Waals surface area (Å²) in [6, 6.07) is 2.89. The van der Waals surface area contributed by atoms with Crippen molar-refractivity contribution in [2.75, 3.05) is 56.5 Å². The summed E-state index contributed by atoms with van der Waals surface area (Å²) in [5.74, 6) is 0. The molecule has 3 aliphatic heterocycles. The van der Waals surface area contributed by atoms with E-state index in [1.54, 1.807) is 0 Å². The Labute approximate surface area is 131 Å². The standard InChI is InChI=1S/C17H23N5/c1-13-3-4-16-17(19-13)9-14(10-18-16)22-11-15(12-22)21-7-5-20(2)6-8-21/h3-4,9-10,15,19H,1,5-8,11-12H2,2H3. The number of likely N-dealkylation sites (N-methyl/N-ethyl adjacent to an activating group) is 1. The van der Waals surface area contributed by atoms with Gasteiger partial charge in [-0.05, 0) is 25.3 Å². The van der Waals surface area contributed by atoms with Crippen LogP contribution in [0.4, 0.5) is 11.4 Å². The molecule has 3 aliphatic rings. The lowest BCUT2D eigenvalue weighted by atomic mass is 10.0. The van der Waals surface area contributed by atoms with E-state index >= 15 is 0 Å². The summed E-state index contributed by atoms with van der Waals surface area (Å²) < 4.78 is 0. The molecule has 5 heteroatoms. The molecule has 2 saturated heterocycles. The van der Waals surface area contributed by atoms with E-state index in [1.165, 1.54) is 31.9 Å². The molecule has 0 saturated carbocycles. The fourth-order valence-electron chi connectivity index (χ4n) is 3.35. The second-order valence-electron chi connectivity index (χ2n) is 6.51. The third-order valence-electron chi connectivity index (χ3n) is 4.92. The molecule has 4 rings (SSSR count). The second-order valence-corrected chi connectivity index (χ2v) is 6.51. The van der Waals surface area contributed by atoms with Crippen LogP contribution in [0.1, 0.15) is 5.69 Å². The van der Waals surface area contributed by atoms with Crippen molar-refractivity contribution in [3.63, 3.8) is 0 Å². The Hall–Kier alpha value is -1.85. The molecule has 0 aromatic carbocycles. The first-order valence-electron chi connectivity index (χ1n) is 8.00. The third-order valence-corrected chi connectivity index (χ3v) is 4.92. The van der Waals surface area contributed by atoms with Crippen molar-refractivity contribution in [1.29, 1.82) is 0 Å². The van der Waals surface area contributed by atoms with Crippen LogP contribution < -0.4 is 10.2 Å². The third kappa shape index (κ3) is 2.51. The van der Waals surface area contributed by atoms with Gasteiger partial charge < -0.3 is 15.1 Å². The molecule has 4 heterocycles. The summed E-state index contributed by atoms with van der Waals surface area (Å²) in [7, 11) is 2.21. The fourth-order valence-corrected chi connectivity index (χ4v) is 3.35. The summed E-state index contributed by atoms with van der Waals surface area (Å²) >= 11 is 0. The van der Waals surface area contributed by atoms with E-state index in [2.05, 4.69) is 44.7 Å². The summed E-state index contributed by atoms with van der Waals surface area (Å²) in [6.45, 7) is 11.0.